The predicted octanol–water partition coefficient (Wildman–Crippen LogP) is -0.0257. The van der Waals surface area contributed by atoms with Gasteiger partial charge in [-0.2, -0.15) is 5.21 Å². The quantitative estimate of drug-likeness (QED) is 0.677. The Kier molecular flexibility index (Phi) is 2.63. The molecule has 2 N–H and O–H groups in total. The number of carbonyl (C=O) groups is 1. The van der Waals surface area contributed by atoms with Crippen molar-refractivity contribution in [3.63, 3.8) is 0 Å². The topological polar surface area (TPSA) is 122 Å². The highest BCUT2D eigenvalue weighted by Gasteiger charge is 2.11. The van der Waals surface area contributed by atoms with Gasteiger partial charge in [-0.1, -0.05) is 10.4 Å². The van der Waals surface area contributed by atoms with Crippen LogP contribution in [0.3, 0.4) is 0 Å². The van der Waals surface area contributed by atoms with E-state index in [1.54, 1.807) is 13.0 Å². The van der Waals surface area contributed by atoms with E-state index in [1.807, 2.05) is 0 Å². The highest BCUT2D eigenvalue weighted by Crippen LogP contribution is 2.16. The van der Waals surface area contributed by atoms with Crippen molar-refractivity contribution in [3.05, 3.63) is 29.3 Å². The molecule has 3 rings (SSSR count). The van der Waals surface area contributed by atoms with Crippen LogP contribution in [0.25, 0.3) is 11.1 Å². The summed E-state index contributed by atoms with van der Waals surface area (Å²) in [4.78, 5) is 16.0. The molecule has 0 radical (unpaired) electrons. The minimum atomic E-state index is -0.278. The Morgan fingerprint density at radius 2 is 2.42 bits per heavy atom. The van der Waals surface area contributed by atoms with E-state index in [0.717, 1.165) is 0 Å². The summed E-state index contributed by atoms with van der Waals surface area (Å²) >= 11 is 0. The number of H-pyrrole nitrogens is 1. The number of fused-ring (bicyclic) bond motifs is 1. The van der Waals surface area contributed by atoms with E-state index in [4.69, 9.17) is 4.52 Å². The number of aromatic amines is 1. The smallest absolute Gasteiger partial charge is 0.257 e. The zero-order valence-corrected chi connectivity index (χ0v) is 9.91. The zero-order valence-electron chi connectivity index (χ0n) is 9.91. The lowest BCUT2D eigenvalue weighted by Crippen LogP contribution is -2.23. The third-order valence-corrected chi connectivity index (χ3v) is 2.57. The van der Waals surface area contributed by atoms with Gasteiger partial charge in [-0.15, -0.1) is 10.2 Å². The SMILES string of the molecule is Cc1noc2ncc(C(=O)NCc3nn[nH]n3)cc12. The molecule has 19 heavy (non-hydrogen) atoms. The van der Waals surface area contributed by atoms with Gasteiger partial charge >= 0.3 is 0 Å². The summed E-state index contributed by atoms with van der Waals surface area (Å²) in [6.07, 6.45) is 1.43. The first-order valence-electron chi connectivity index (χ1n) is 5.46. The van der Waals surface area contributed by atoms with E-state index in [1.165, 1.54) is 6.20 Å². The third kappa shape index (κ3) is 2.12. The van der Waals surface area contributed by atoms with Crippen molar-refractivity contribution in [3.8, 4) is 0 Å². The molecule has 0 spiro atoms. The van der Waals surface area contributed by atoms with Crippen molar-refractivity contribution in [2.75, 3.05) is 0 Å². The minimum absolute atomic E-state index is 0.190. The maximum absolute atomic E-state index is 11.9. The lowest BCUT2D eigenvalue weighted by Gasteiger charge is -2.01. The van der Waals surface area contributed by atoms with Crippen LogP contribution in [0.2, 0.25) is 0 Å². The molecular formula is C10H9N7O2. The number of tetrazole rings is 1. The Balaban J connectivity index is 1.79. The summed E-state index contributed by atoms with van der Waals surface area (Å²) in [6, 6.07) is 1.68. The fourth-order valence-electron chi connectivity index (χ4n) is 1.59. The standard InChI is InChI=1S/C10H9N7O2/c1-5-7-2-6(3-12-10(7)19-15-5)9(18)11-4-8-13-16-17-14-8/h2-3H,4H2,1H3,(H,11,18)(H,13,14,16,17). The summed E-state index contributed by atoms with van der Waals surface area (Å²) in [5, 5.41) is 20.3. The summed E-state index contributed by atoms with van der Waals surface area (Å²) in [7, 11) is 0. The highest BCUT2D eigenvalue weighted by atomic mass is 16.5. The number of nitrogens with zero attached hydrogens (tertiary/aromatic N) is 5. The molecular weight excluding hydrogens is 250 g/mol. The van der Waals surface area contributed by atoms with Gasteiger partial charge in [0, 0.05) is 6.20 Å². The van der Waals surface area contributed by atoms with Crippen molar-refractivity contribution >= 4 is 17.0 Å². The summed E-state index contributed by atoms with van der Waals surface area (Å²) in [6.45, 7) is 1.98. The summed E-state index contributed by atoms with van der Waals surface area (Å²) in [5.41, 5.74) is 1.52. The predicted molar refractivity (Wildman–Crippen MR) is 61.9 cm³/mol. The van der Waals surface area contributed by atoms with Gasteiger partial charge in [0.05, 0.1) is 23.2 Å². The molecule has 0 atom stereocenters. The van der Waals surface area contributed by atoms with Gasteiger partial charge < -0.3 is 9.84 Å². The molecule has 0 fully saturated rings. The van der Waals surface area contributed by atoms with Gasteiger partial charge in [-0.05, 0) is 13.0 Å². The van der Waals surface area contributed by atoms with Gasteiger partial charge in [-0.3, -0.25) is 4.79 Å². The first-order valence-corrected chi connectivity index (χ1v) is 5.46. The molecule has 3 heterocycles. The molecule has 0 aliphatic rings. The molecule has 9 heteroatoms. The van der Waals surface area contributed by atoms with Gasteiger partial charge in [0.15, 0.2) is 5.82 Å². The molecule has 0 aliphatic carbocycles. The number of hydrogen-bond donors (Lipinski definition) is 2. The maximum Gasteiger partial charge on any atom is 0.257 e. The molecule has 3 aromatic rings. The van der Waals surface area contributed by atoms with Crippen LogP contribution < -0.4 is 5.32 Å². The second kappa shape index (κ2) is 4.44. The maximum atomic E-state index is 11.9. The minimum Gasteiger partial charge on any atom is -0.345 e. The Labute approximate surface area is 106 Å². The first-order chi connectivity index (χ1) is 9.24. The molecule has 0 aromatic carbocycles. The van der Waals surface area contributed by atoms with Crippen LogP contribution >= 0.6 is 0 Å². The lowest BCUT2D eigenvalue weighted by molar-refractivity contribution is 0.0949. The number of hydrogen-bond acceptors (Lipinski definition) is 7. The first kappa shape index (κ1) is 11.3. The van der Waals surface area contributed by atoms with Crippen molar-refractivity contribution in [2.45, 2.75) is 13.5 Å². The lowest BCUT2D eigenvalue weighted by atomic mass is 10.2. The van der Waals surface area contributed by atoms with E-state index in [2.05, 4.69) is 36.1 Å². The largest absolute Gasteiger partial charge is 0.345 e. The summed E-state index contributed by atoms with van der Waals surface area (Å²) in [5.74, 6) is 0.128. The number of amides is 1. The number of rotatable bonds is 3. The fraction of sp³-hybridized carbons (Fsp3) is 0.200. The Morgan fingerprint density at radius 1 is 1.53 bits per heavy atom. The molecule has 1 amide bonds. The van der Waals surface area contributed by atoms with Crippen LogP contribution in [0.4, 0.5) is 0 Å². The highest BCUT2D eigenvalue weighted by molar-refractivity contribution is 5.96. The van der Waals surface area contributed by atoms with Crippen LogP contribution in [0, 0.1) is 6.92 Å². The van der Waals surface area contributed by atoms with E-state index in [0.29, 0.717) is 28.2 Å². The van der Waals surface area contributed by atoms with Crippen LogP contribution in [0.1, 0.15) is 21.9 Å². The number of pyridine rings is 1. The van der Waals surface area contributed by atoms with Gasteiger partial charge in [0.1, 0.15) is 0 Å². The second-order valence-electron chi connectivity index (χ2n) is 3.86. The van der Waals surface area contributed by atoms with Crippen molar-refractivity contribution in [2.24, 2.45) is 0 Å². The van der Waals surface area contributed by atoms with E-state index in [-0.39, 0.29) is 12.5 Å². The third-order valence-electron chi connectivity index (χ3n) is 2.57. The number of nitrogens with one attached hydrogen (secondary N) is 2. The van der Waals surface area contributed by atoms with E-state index in [9.17, 15) is 4.79 Å². The van der Waals surface area contributed by atoms with Crippen LogP contribution in [0.15, 0.2) is 16.8 Å². The zero-order chi connectivity index (χ0) is 13.2. The number of carbonyl (C=O) groups excluding carboxylic acids is 1. The molecule has 3 aromatic heterocycles. The van der Waals surface area contributed by atoms with E-state index < -0.39 is 0 Å². The Hall–Kier alpha value is -2.84. The Morgan fingerprint density at radius 3 is 3.21 bits per heavy atom. The molecule has 96 valence electrons. The van der Waals surface area contributed by atoms with Crippen molar-refractivity contribution in [1.29, 1.82) is 0 Å². The number of aryl methyl sites for hydroxylation is 1. The molecule has 0 unspecified atom stereocenters. The number of aromatic nitrogens is 6. The molecule has 0 bridgehead atoms. The average molecular weight is 259 g/mol. The normalized spacial score (nSPS) is 10.8. The molecule has 0 saturated carbocycles. The van der Waals surface area contributed by atoms with Crippen molar-refractivity contribution in [1.82, 2.24) is 36.1 Å². The van der Waals surface area contributed by atoms with Crippen LogP contribution in [-0.2, 0) is 6.54 Å². The summed E-state index contributed by atoms with van der Waals surface area (Å²) < 4.78 is 4.98. The van der Waals surface area contributed by atoms with E-state index >= 15 is 0 Å². The monoisotopic (exact) mass is 259 g/mol. The van der Waals surface area contributed by atoms with Crippen molar-refractivity contribution < 1.29 is 9.32 Å². The van der Waals surface area contributed by atoms with Crippen LogP contribution in [0.5, 0.6) is 0 Å². The van der Waals surface area contributed by atoms with Gasteiger partial charge in [0.2, 0.25) is 0 Å². The molecule has 0 saturated heterocycles. The average Bonchev–Trinajstić information content (AvgIpc) is 3.06. The van der Waals surface area contributed by atoms with Gasteiger partial charge in [0.25, 0.3) is 11.6 Å². The molecule has 0 aliphatic heterocycles. The van der Waals surface area contributed by atoms with Gasteiger partial charge in [-0.25, -0.2) is 4.98 Å². The van der Waals surface area contributed by atoms with Crippen LogP contribution in [-0.4, -0.2) is 36.7 Å². The fourth-order valence-corrected chi connectivity index (χ4v) is 1.59. The second-order valence-corrected chi connectivity index (χ2v) is 3.86. The molecule has 9 nitrogen and oxygen atoms in total. The Bertz CT molecular complexity index is 719.